The molecule has 0 radical (unpaired) electrons. The molecule has 0 atom stereocenters. The molecule has 3 aromatic rings. The van der Waals surface area contributed by atoms with Crippen molar-refractivity contribution in [3.8, 4) is 11.3 Å². The Bertz CT molecular complexity index is 821. The fourth-order valence-corrected chi connectivity index (χ4v) is 2.79. The monoisotopic (exact) mass is 331 g/mol. The Morgan fingerprint density at radius 3 is 2.28 bits per heavy atom. The molecule has 2 aromatic carbocycles. The van der Waals surface area contributed by atoms with Crippen molar-refractivity contribution in [2.45, 2.75) is 40.0 Å². The van der Waals surface area contributed by atoms with Gasteiger partial charge in [0.2, 0.25) is 0 Å². The number of nitrogens with zero attached hydrogens (tertiary/aromatic N) is 2. The average molecular weight is 331 g/mol. The van der Waals surface area contributed by atoms with E-state index in [0.717, 1.165) is 35.0 Å². The van der Waals surface area contributed by atoms with Crippen molar-refractivity contribution in [2.24, 2.45) is 0 Å². The fraction of sp³-hybridized carbons (Fsp3) is 0.273. The third-order valence-corrected chi connectivity index (χ3v) is 4.23. The normalized spacial score (nSPS) is 10.7. The lowest BCUT2D eigenvalue weighted by Gasteiger charge is -2.10. The van der Waals surface area contributed by atoms with E-state index in [0.29, 0.717) is 0 Å². The van der Waals surface area contributed by atoms with Crippen LogP contribution in [0.15, 0.2) is 54.6 Å². The molecule has 0 aliphatic rings. The number of hydrogen-bond acceptors (Lipinski definition) is 3. The van der Waals surface area contributed by atoms with Gasteiger partial charge in [-0.1, -0.05) is 55.3 Å². The number of benzene rings is 2. The second-order valence-corrected chi connectivity index (χ2v) is 6.48. The predicted molar refractivity (Wildman–Crippen MR) is 105 cm³/mol. The van der Waals surface area contributed by atoms with Crippen LogP contribution in [0, 0.1) is 13.8 Å². The molecule has 0 bridgehead atoms. The van der Waals surface area contributed by atoms with Crippen molar-refractivity contribution in [2.75, 3.05) is 5.32 Å². The number of nitrogens with one attached hydrogen (secondary N) is 1. The number of rotatable bonds is 6. The summed E-state index contributed by atoms with van der Waals surface area (Å²) in [5.74, 6) is 1.59. The van der Waals surface area contributed by atoms with Gasteiger partial charge in [0.05, 0.1) is 5.69 Å². The lowest BCUT2D eigenvalue weighted by atomic mass is 10.1. The van der Waals surface area contributed by atoms with Gasteiger partial charge < -0.3 is 5.32 Å². The number of aromatic nitrogens is 2. The summed E-state index contributed by atoms with van der Waals surface area (Å²) in [7, 11) is 0. The maximum absolute atomic E-state index is 4.57. The van der Waals surface area contributed by atoms with Crippen molar-refractivity contribution >= 4 is 11.5 Å². The van der Waals surface area contributed by atoms with Gasteiger partial charge >= 0.3 is 0 Å². The molecular weight excluding hydrogens is 306 g/mol. The summed E-state index contributed by atoms with van der Waals surface area (Å²) < 4.78 is 0. The van der Waals surface area contributed by atoms with Crippen molar-refractivity contribution in [1.82, 2.24) is 9.97 Å². The van der Waals surface area contributed by atoms with Gasteiger partial charge in [0.25, 0.3) is 0 Å². The molecule has 25 heavy (non-hydrogen) atoms. The van der Waals surface area contributed by atoms with Gasteiger partial charge in [0, 0.05) is 17.3 Å². The molecule has 0 saturated carbocycles. The Morgan fingerprint density at radius 1 is 0.880 bits per heavy atom. The first-order chi connectivity index (χ1) is 12.1. The molecule has 1 N–H and O–H groups in total. The maximum Gasteiger partial charge on any atom is 0.134 e. The Morgan fingerprint density at radius 2 is 1.60 bits per heavy atom. The Labute approximate surface area is 150 Å². The minimum atomic E-state index is 0.764. The van der Waals surface area contributed by atoms with Crippen LogP contribution >= 0.6 is 0 Å². The van der Waals surface area contributed by atoms with Crippen LogP contribution in [0.3, 0.4) is 0 Å². The van der Waals surface area contributed by atoms with E-state index < -0.39 is 0 Å². The van der Waals surface area contributed by atoms with Gasteiger partial charge in [-0.05, 0) is 44.4 Å². The van der Waals surface area contributed by atoms with Crippen molar-refractivity contribution in [1.29, 1.82) is 0 Å². The SMILES string of the molecule is CCCCc1ccc(Nc2cc(-c3ccc(C)cc3)nc(C)n2)cc1. The van der Waals surface area contributed by atoms with E-state index in [4.69, 9.17) is 0 Å². The highest BCUT2D eigenvalue weighted by molar-refractivity contribution is 5.66. The molecule has 0 spiro atoms. The summed E-state index contributed by atoms with van der Waals surface area (Å²) in [4.78, 5) is 9.09. The molecule has 3 rings (SSSR count). The molecule has 0 fully saturated rings. The summed E-state index contributed by atoms with van der Waals surface area (Å²) >= 11 is 0. The average Bonchev–Trinajstić information content (AvgIpc) is 2.61. The van der Waals surface area contributed by atoms with Crippen LogP contribution in [-0.4, -0.2) is 9.97 Å². The largest absolute Gasteiger partial charge is 0.340 e. The molecule has 0 amide bonds. The summed E-state index contributed by atoms with van der Waals surface area (Å²) in [6.45, 7) is 6.24. The van der Waals surface area contributed by atoms with Crippen LogP contribution in [0.1, 0.15) is 36.7 Å². The summed E-state index contributed by atoms with van der Waals surface area (Å²) in [6.07, 6.45) is 3.60. The molecule has 3 nitrogen and oxygen atoms in total. The lowest BCUT2D eigenvalue weighted by Crippen LogP contribution is -1.99. The molecule has 0 aliphatic carbocycles. The van der Waals surface area contributed by atoms with Crippen molar-refractivity contribution in [3.63, 3.8) is 0 Å². The Hall–Kier alpha value is -2.68. The van der Waals surface area contributed by atoms with Gasteiger partial charge in [0.15, 0.2) is 0 Å². The molecule has 1 aromatic heterocycles. The van der Waals surface area contributed by atoms with Gasteiger partial charge in [-0.15, -0.1) is 0 Å². The minimum absolute atomic E-state index is 0.764. The zero-order valence-corrected chi connectivity index (χ0v) is 15.2. The Balaban J connectivity index is 1.79. The van der Waals surface area contributed by atoms with Gasteiger partial charge in [-0.25, -0.2) is 9.97 Å². The number of hydrogen-bond donors (Lipinski definition) is 1. The van der Waals surface area contributed by atoms with E-state index in [-0.39, 0.29) is 0 Å². The smallest absolute Gasteiger partial charge is 0.134 e. The predicted octanol–water partition coefficient (Wildman–Crippen LogP) is 5.85. The Kier molecular flexibility index (Phi) is 5.44. The van der Waals surface area contributed by atoms with Crippen molar-refractivity contribution < 1.29 is 0 Å². The standard InChI is InChI=1S/C22H25N3/c1-4-5-6-18-9-13-20(14-10-18)25-22-15-21(23-17(3)24-22)19-11-7-16(2)8-12-19/h7-15H,4-6H2,1-3H3,(H,23,24,25). The van der Waals surface area contributed by atoms with Gasteiger partial charge in [-0.2, -0.15) is 0 Å². The van der Waals surface area contributed by atoms with Crippen LogP contribution < -0.4 is 5.32 Å². The third-order valence-electron chi connectivity index (χ3n) is 4.23. The van der Waals surface area contributed by atoms with Crippen LogP contribution in [-0.2, 0) is 6.42 Å². The lowest BCUT2D eigenvalue weighted by molar-refractivity contribution is 0.795. The molecule has 3 heteroatoms. The van der Waals surface area contributed by atoms with Crippen LogP contribution in [0.2, 0.25) is 0 Å². The zero-order valence-electron chi connectivity index (χ0n) is 15.2. The summed E-state index contributed by atoms with van der Waals surface area (Å²) in [5.41, 5.74) is 5.72. The number of unbranched alkanes of at least 4 members (excludes halogenated alkanes) is 1. The van der Waals surface area contributed by atoms with Crippen LogP contribution in [0.25, 0.3) is 11.3 Å². The van der Waals surface area contributed by atoms with E-state index in [9.17, 15) is 0 Å². The molecule has 0 unspecified atom stereocenters. The second kappa shape index (κ2) is 7.93. The molecule has 0 aliphatic heterocycles. The van der Waals surface area contributed by atoms with Crippen LogP contribution in [0.5, 0.6) is 0 Å². The highest BCUT2D eigenvalue weighted by Gasteiger charge is 2.05. The van der Waals surface area contributed by atoms with Crippen molar-refractivity contribution in [3.05, 3.63) is 71.5 Å². The first kappa shape index (κ1) is 17.2. The number of anilines is 2. The topological polar surface area (TPSA) is 37.8 Å². The second-order valence-electron chi connectivity index (χ2n) is 6.48. The highest BCUT2D eigenvalue weighted by atomic mass is 15.0. The van der Waals surface area contributed by atoms with E-state index in [1.807, 2.05) is 13.0 Å². The van der Waals surface area contributed by atoms with Gasteiger partial charge in [0.1, 0.15) is 11.6 Å². The molecular formula is C22H25N3. The molecule has 1 heterocycles. The van der Waals surface area contributed by atoms with E-state index >= 15 is 0 Å². The summed E-state index contributed by atoms with van der Waals surface area (Å²) in [6, 6.07) is 19.0. The maximum atomic E-state index is 4.57. The minimum Gasteiger partial charge on any atom is -0.340 e. The zero-order chi connectivity index (χ0) is 17.6. The van der Waals surface area contributed by atoms with Gasteiger partial charge in [-0.3, -0.25) is 0 Å². The third kappa shape index (κ3) is 4.66. The van der Waals surface area contributed by atoms with E-state index in [1.54, 1.807) is 0 Å². The van der Waals surface area contributed by atoms with E-state index in [1.165, 1.54) is 24.0 Å². The number of aryl methyl sites for hydroxylation is 3. The quantitative estimate of drug-likeness (QED) is 0.616. The van der Waals surface area contributed by atoms with E-state index in [2.05, 4.69) is 77.7 Å². The summed E-state index contributed by atoms with van der Waals surface area (Å²) in [5, 5.41) is 3.40. The highest BCUT2D eigenvalue weighted by Crippen LogP contribution is 2.23. The fourth-order valence-electron chi connectivity index (χ4n) is 2.79. The first-order valence-electron chi connectivity index (χ1n) is 8.93. The van der Waals surface area contributed by atoms with Crippen LogP contribution in [0.4, 0.5) is 11.5 Å². The first-order valence-corrected chi connectivity index (χ1v) is 8.93. The molecule has 0 saturated heterocycles. The molecule has 128 valence electrons.